The lowest BCUT2D eigenvalue weighted by molar-refractivity contribution is -0.157. The van der Waals surface area contributed by atoms with E-state index in [9.17, 15) is 18.7 Å². The average Bonchev–Trinajstić information content (AvgIpc) is 3.14. The highest BCUT2D eigenvalue weighted by Gasteiger charge is 2.48. The van der Waals surface area contributed by atoms with Crippen LogP contribution in [0.15, 0.2) is 30.6 Å². The highest BCUT2D eigenvalue weighted by Crippen LogP contribution is 2.45. The van der Waals surface area contributed by atoms with Gasteiger partial charge in [0.2, 0.25) is 6.43 Å². The fourth-order valence-electron chi connectivity index (χ4n) is 4.16. The number of aliphatic carboxylic acids is 1. The second-order valence-corrected chi connectivity index (χ2v) is 10.5. The van der Waals surface area contributed by atoms with Crippen molar-refractivity contribution in [2.75, 3.05) is 13.1 Å². The van der Waals surface area contributed by atoms with E-state index in [0.717, 1.165) is 16.3 Å². The predicted molar refractivity (Wildman–Crippen MR) is 113 cm³/mol. The van der Waals surface area contributed by atoms with Gasteiger partial charge in [0.05, 0.1) is 10.3 Å². The minimum Gasteiger partial charge on any atom is -0.481 e. The van der Waals surface area contributed by atoms with Crippen LogP contribution < -0.4 is 0 Å². The Morgan fingerprint density at radius 2 is 2.03 bits per heavy atom. The van der Waals surface area contributed by atoms with Gasteiger partial charge in [-0.2, -0.15) is 0 Å². The molecule has 0 aromatic carbocycles. The molecule has 2 atom stereocenters. The van der Waals surface area contributed by atoms with Gasteiger partial charge < -0.3 is 5.11 Å². The molecule has 1 saturated heterocycles. The molecular formula is C22H29F2N3O2S. The van der Waals surface area contributed by atoms with Crippen molar-refractivity contribution in [3.05, 3.63) is 35.5 Å². The first-order valence-electron chi connectivity index (χ1n) is 10.2. The van der Waals surface area contributed by atoms with Crippen LogP contribution in [0.2, 0.25) is 0 Å². The summed E-state index contributed by atoms with van der Waals surface area (Å²) < 4.78 is 25.9. The topological polar surface area (TPSA) is 66.3 Å². The number of carboxylic acid groups (broad SMARTS) is 1. The van der Waals surface area contributed by atoms with E-state index in [2.05, 4.69) is 35.6 Å². The summed E-state index contributed by atoms with van der Waals surface area (Å²) in [5.74, 6) is -0.194. The third-order valence-electron chi connectivity index (χ3n) is 5.99. The van der Waals surface area contributed by atoms with E-state index in [1.54, 1.807) is 29.8 Å². The molecule has 164 valence electrons. The number of carbonyl (C=O) groups is 1. The normalized spacial score (nSPS) is 23.1. The number of aromatic nitrogens is 2. The highest BCUT2D eigenvalue weighted by molar-refractivity contribution is 7.15. The van der Waals surface area contributed by atoms with Gasteiger partial charge in [-0.3, -0.25) is 9.69 Å². The van der Waals surface area contributed by atoms with Crippen molar-refractivity contribution in [2.24, 2.45) is 16.7 Å². The first-order chi connectivity index (χ1) is 14.1. The number of hydrogen-bond donors (Lipinski definition) is 1. The second kappa shape index (κ2) is 9.06. The first-order valence-corrected chi connectivity index (χ1v) is 11.0. The zero-order valence-corrected chi connectivity index (χ0v) is 18.5. The van der Waals surface area contributed by atoms with E-state index in [4.69, 9.17) is 0 Å². The lowest BCUT2D eigenvalue weighted by Crippen LogP contribution is -2.53. The summed E-state index contributed by atoms with van der Waals surface area (Å²) in [7, 11) is 0. The molecule has 2 aromatic rings. The van der Waals surface area contributed by atoms with Crippen LogP contribution in [-0.2, 0) is 11.3 Å². The van der Waals surface area contributed by atoms with Crippen molar-refractivity contribution in [1.82, 2.24) is 14.9 Å². The number of piperidine rings is 1. The van der Waals surface area contributed by atoms with E-state index in [0.29, 0.717) is 18.8 Å². The Hall–Kier alpha value is -1.93. The van der Waals surface area contributed by atoms with Gasteiger partial charge in [-0.25, -0.2) is 18.7 Å². The molecule has 0 bridgehead atoms. The van der Waals surface area contributed by atoms with Gasteiger partial charge in [0.1, 0.15) is 0 Å². The van der Waals surface area contributed by atoms with Crippen molar-refractivity contribution >= 4 is 17.3 Å². The van der Waals surface area contributed by atoms with Crippen LogP contribution in [0, 0.1) is 16.7 Å². The van der Waals surface area contributed by atoms with E-state index < -0.39 is 17.8 Å². The van der Waals surface area contributed by atoms with Crippen LogP contribution in [0.3, 0.4) is 0 Å². The van der Waals surface area contributed by atoms with Gasteiger partial charge in [-0.1, -0.05) is 20.8 Å². The minimum absolute atomic E-state index is 0.00335. The zero-order chi connectivity index (χ0) is 21.9. The molecule has 5 nitrogen and oxygen atoms in total. The number of alkyl halides is 2. The number of halogens is 2. The monoisotopic (exact) mass is 437 g/mol. The molecule has 0 amide bonds. The third-order valence-corrected chi connectivity index (χ3v) is 7.05. The van der Waals surface area contributed by atoms with Gasteiger partial charge >= 0.3 is 5.97 Å². The molecule has 0 unspecified atom stereocenters. The molecule has 1 aliphatic heterocycles. The minimum atomic E-state index is -2.49. The molecule has 0 aliphatic carbocycles. The maximum absolute atomic E-state index is 12.9. The SMILES string of the molecule is CC(C)(C)[C@H]1CN(Cc2ccc(-c3ncccn3)s2)C[C@](CCC(F)F)(C(=O)O)C1. The Balaban J connectivity index is 1.82. The Kier molecular flexibility index (Phi) is 6.87. The number of likely N-dealkylation sites (tertiary alicyclic amines) is 1. The van der Waals surface area contributed by atoms with Crippen LogP contribution >= 0.6 is 11.3 Å². The molecule has 0 saturated carbocycles. The summed E-state index contributed by atoms with van der Waals surface area (Å²) in [6.07, 6.45) is 0.954. The maximum atomic E-state index is 12.9. The maximum Gasteiger partial charge on any atom is 0.310 e. The molecule has 1 aliphatic rings. The van der Waals surface area contributed by atoms with Gasteiger partial charge in [0.15, 0.2) is 5.82 Å². The molecular weight excluding hydrogens is 408 g/mol. The molecule has 0 spiro atoms. The molecule has 3 heterocycles. The Labute approximate surface area is 180 Å². The number of hydrogen-bond acceptors (Lipinski definition) is 5. The summed E-state index contributed by atoms with van der Waals surface area (Å²) in [5.41, 5.74) is -1.25. The van der Waals surface area contributed by atoms with E-state index >= 15 is 0 Å². The fraction of sp³-hybridized carbons (Fsp3) is 0.591. The Morgan fingerprint density at radius 3 is 2.63 bits per heavy atom. The Bertz CT molecular complexity index is 854. The quantitative estimate of drug-likeness (QED) is 0.646. The number of nitrogens with zero attached hydrogens (tertiary/aromatic N) is 3. The average molecular weight is 438 g/mol. The Morgan fingerprint density at radius 1 is 1.33 bits per heavy atom. The number of carboxylic acids is 1. The van der Waals surface area contributed by atoms with Crippen molar-refractivity contribution in [3.8, 4) is 10.7 Å². The lowest BCUT2D eigenvalue weighted by atomic mass is 9.65. The summed E-state index contributed by atoms with van der Waals surface area (Å²) in [4.78, 5) is 25.0. The zero-order valence-electron chi connectivity index (χ0n) is 17.6. The van der Waals surface area contributed by atoms with Gasteiger partial charge in [0.25, 0.3) is 0 Å². The molecule has 1 N–H and O–H groups in total. The smallest absolute Gasteiger partial charge is 0.310 e. The van der Waals surface area contributed by atoms with Gasteiger partial charge in [0, 0.05) is 43.3 Å². The second-order valence-electron chi connectivity index (χ2n) is 9.29. The first kappa shape index (κ1) is 22.7. The standard InChI is InChI=1S/C22H29F2N3O2S/c1-21(2,3)15-11-22(20(28)29,8-7-18(23)24)14-27(12-15)13-16-5-6-17(30-16)19-25-9-4-10-26-19/h4-6,9-10,15,18H,7-8,11-14H2,1-3H3,(H,28,29)/t15-,22-/m1/s1. The van der Waals surface area contributed by atoms with Crippen molar-refractivity contribution in [1.29, 1.82) is 0 Å². The van der Waals surface area contributed by atoms with Crippen LogP contribution in [-0.4, -0.2) is 45.5 Å². The van der Waals surface area contributed by atoms with Crippen LogP contribution in [0.5, 0.6) is 0 Å². The number of thiophene rings is 1. The molecule has 30 heavy (non-hydrogen) atoms. The van der Waals surface area contributed by atoms with E-state index in [1.165, 1.54) is 0 Å². The van der Waals surface area contributed by atoms with Crippen molar-refractivity contribution in [2.45, 2.75) is 53.0 Å². The largest absolute Gasteiger partial charge is 0.481 e. The van der Waals surface area contributed by atoms with Crippen LogP contribution in [0.4, 0.5) is 8.78 Å². The summed E-state index contributed by atoms with van der Waals surface area (Å²) in [6.45, 7) is 7.91. The van der Waals surface area contributed by atoms with E-state index in [-0.39, 0.29) is 30.7 Å². The van der Waals surface area contributed by atoms with Crippen molar-refractivity contribution in [3.63, 3.8) is 0 Å². The molecule has 0 radical (unpaired) electrons. The highest BCUT2D eigenvalue weighted by atomic mass is 32.1. The van der Waals surface area contributed by atoms with Gasteiger partial charge in [-0.05, 0) is 42.4 Å². The molecule has 2 aromatic heterocycles. The van der Waals surface area contributed by atoms with Crippen LogP contribution in [0.25, 0.3) is 10.7 Å². The van der Waals surface area contributed by atoms with Crippen molar-refractivity contribution < 1.29 is 18.7 Å². The third kappa shape index (κ3) is 5.40. The summed E-state index contributed by atoms with van der Waals surface area (Å²) in [6, 6.07) is 5.75. The summed E-state index contributed by atoms with van der Waals surface area (Å²) >= 11 is 1.58. The molecule has 3 rings (SSSR count). The predicted octanol–water partition coefficient (Wildman–Crippen LogP) is 5.19. The van der Waals surface area contributed by atoms with Gasteiger partial charge in [-0.15, -0.1) is 11.3 Å². The molecule has 1 fully saturated rings. The fourth-order valence-corrected chi connectivity index (χ4v) is 5.16. The van der Waals surface area contributed by atoms with E-state index in [1.807, 2.05) is 12.1 Å². The summed E-state index contributed by atoms with van der Waals surface area (Å²) in [5, 5.41) is 10.0. The van der Waals surface area contributed by atoms with Crippen LogP contribution in [0.1, 0.15) is 44.9 Å². The molecule has 8 heteroatoms. The number of rotatable bonds is 7. The lowest BCUT2D eigenvalue weighted by Gasteiger charge is -2.48.